The molecule has 24 heavy (non-hydrogen) atoms. The Hall–Kier alpha value is -1.92. The number of aryl methyl sites for hydroxylation is 1. The number of hydrogen-bond donors (Lipinski definition) is 2. The van der Waals surface area contributed by atoms with Crippen LogP contribution in [0.1, 0.15) is 37.5 Å². The smallest absolute Gasteiger partial charge is 0.227 e. The zero-order valence-electron chi connectivity index (χ0n) is 14.3. The van der Waals surface area contributed by atoms with Crippen molar-refractivity contribution in [3.63, 3.8) is 0 Å². The van der Waals surface area contributed by atoms with Gasteiger partial charge in [-0.05, 0) is 37.6 Å². The number of benzene rings is 1. The van der Waals surface area contributed by atoms with Gasteiger partial charge in [0.2, 0.25) is 5.91 Å². The first-order chi connectivity index (χ1) is 11.6. The quantitative estimate of drug-likeness (QED) is 0.673. The van der Waals surface area contributed by atoms with Crippen LogP contribution in [0.5, 0.6) is 5.75 Å². The maximum atomic E-state index is 11.6. The fourth-order valence-electron chi connectivity index (χ4n) is 2.28. The number of anilines is 1. The number of rotatable bonds is 9. The second kappa shape index (κ2) is 9.39. The summed E-state index contributed by atoms with van der Waals surface area (Å²) in [6.45, 7) is 5.27. The molecule has 6 heteroatoms. The Balaban J connectivity index is 2.00. The van der Waals surface area contributed by atoms with Gasteiger partial charge in [-0.15, -0.1) is 11.3 Å². The fraction of sp³-hybridized carbons (Fsp3) is 0.444. The molecule has 0 radical (unpaired) electrons. The van der Waals surface area contributed by atoms with Crippen molar-refractivity contribution in [2.75, 3.05) is 18.5 Å². The van der Waals surface area contributed by atoms with Crippen molar-refractivity contribution >= 4 is 22.4 Å². The van der Waals surface area contributed by atoms with E-state index in [-0.39, 0.29) is 5.91 Å². The summed E-state index contributed by atoms with van der Waals surface area (Å²) < 4.78 is 5.73. The summed E-state index contributed by atoms with van der Waals surface area (Å²) in [6.07, 6.45) is 3.76. The summed E-state index contributed by atoms with van der Waals surface area (Å²) >= 11 is 1.47. The molecule has 0 saturated carbocycles. The van der Waals surface area contributed by atoms with E-state index < -0.39 is 0 Å². The number of aromatic nitrogens is 1. The van der Waals surface area contributed by atoms with Crippen molar-refractivity contribution in [1.29, 1.82) is 0 Å². The molecule has 2 rings (SSSR count). The minimum absolute atomic E-state index is 0.103. The zero-order chi connectivity index (χ0) is 17.4. The van der Waals surface area contributed by atoms with Crippen LogP contribution in [0.15, 0.2) is 24.3 Å². The van der Waals surface area contributed by atoms with E-state index in [2.05, 4.69) is 17.2 Å². The van der Waals surface area contributed by atoms with E-state index in [1.165, 1.54) is 24.2 Å². The van der Waals surface area contributed by atoms with Crippen LogP contribution in [0.4, 0.5) is 5.13 Å². The van der Waals surface area contributed by atoms with Gasteiger partial charge >= 0.3 is 0 Å². The van der Waals surface area contributed by atoms with Gasteiger partial charge < -0.3 is 15.8 Å². The first kappa shape index (κ1) is 18.4. The molecule has 5 nitrogen and oxygen atoms in total. The molecule has 0 spiro atoms. The van der Waals surface area contributed by atoms with Crippen LogP contribution in [-0.4, -0.2) is 24.0 Å². The third-order valence-electron chi connectivity index (χ3n) is 3.56. The van der Waals surface area contributed by atoms with Crippen molar-refractivity contribution in [3.05, 3.63) is 29.1 Å². The van der Waals surface area contributed by atoms with Crippen molar-refractivity contribution < 1.29 is 9.53 Å². The predicted molar refractivity (Wildman–Crippen MR) is 99.6 cm³/mol. The van der Waals surface area contributed by atoms with E-state index in [1.807, 2.05) is 31.2 Å². The molecule has 0 saturated heterocycles. The van der Waals surface area contributed by atoms with Gasteiger partial charge in [0.15, 0.2) is 5.13 Å². The molecule has 0 aliphatic carbocycles. The third kappa shape index (κ3) is 5.32. The number of nitrogens with two attached hydrogens (primary N) is 1. The van der Waals surface area contributed by atoms with Crippen LogP contribution in [0.3, 0.4) is 0 Å². The van der Waals surface area contributed by atoms with Gasteiger partial charge in [-0.1, -0.05) is 19.8 Å². The number of hydrogen-bond acceptors (Lipinski definition) is 5. The van der Waals surface area contributed by atoms with Crippen LogP contribution in [0.2, 0.25) is 0 Å². The Labute approximate surface area is 147 Å². The van der Waals surface area contributed by atoms with Gasteiger partial charge in [0.1, 0.15) is 5.75 Å². The van der Waals surface area contributed by atoms with Crippen molar-refractivity contribution in [2.45, 2.75) is 39.5 Å². The minimum atomic E-state index is -0.103. The Kier molecular flexibility index (Phi) is 7.21. The maximum absolute atomic E-state index is 11.6. The first-order valence-electron chi connectivity index (χ1n) is 8.34. The summed E-state index contributed by atoms with van der Waals surface area (Å²) in [7, 11) is 0. The van der Waals surface area contributed by atoms with E-state index in [4.69, 9.17) is 10.5 Å². The molecule has 0 bridgehead atoms. The predicted octanol–water partition coefficient (Wildman–Crippen LogP) is 3.97. The lowest BCUT2D eigenvalue weighted by Crippen LogP contribution is -2.15. The SMILES string of the molecule is CCCCCOc1ccc(-c2nc(NC(=O)CCN)sc2C)cc1. The average molecular weight is 347 g/mol. The van der Waals surface area contributed by atoms with Crippen LogP contribution in [0, 0.1) is 6.92 Å². The molecule has 0 aliphatic rings. The number of unbranched alkanes of at least 4 members (excludes halogenated alkanes) is 2. The van der Waals surface area contributed by atoms with Crippen molar-refractivity contribution in [3.8, 4) is 17.0 Å². The van der Waals surface area contributed by atoms with Gasteiger partial charge in [-0.3, -0.25) is 4.79 Å². The van der Waals surface area contributed by atoms with Crippen molar-refractivity contribution in [1.82, 2.24) is 4.98 Å². The molecule has 1 heterocycles. The zero-order valence-corrected chi connectivity index (χ0v) is 15.1. The first-order valence-corrected chi connectivity index (χ1v) is 9.16. The molecule has 130 valence electrons. The fourth-order valence-corrected chi connectivity index (χ4v) is 3.13. The van der Waals surface area contributed by atoms with E-state index in [0.29, 0.717) is 18.1 Å². The minimum Gasteiger partial charge on any atom is -0.494 e. The van der Waals surface area contributed by atoms with E-state index in [9.17, 15) is 4.79 Å². The summed E-state index contributed by atoms with van der Waals surface area (Å²) in [5.41, 5.74) is 7.29. The standard InChI is InChI=1S/C18H25N3O2S/c1-3-4-5-12-23-15-8-6-14(7-9-15)17-13(2)24-18(21-17)20-16(22)10-11-19/h6-9H,3-5,10-12,19H2,1-2H3,(H,20,21,22). The van der Waals surface area contributed by atoms with E-state index >= 15 is 0 Å². The highest BCUT2D eigenvalue weighted by molar-refractivity contribution is 7.16. The molecule has 0 fully saturated rings. The van der Waals surface area contributed by atoms with E-state index in [0.717, 1.165) is 34.9 Å². The highest BCUT2D eigenvalue weighted by Gasteiger charge is 2.12. The topological polar surface area (TPSA) is 77.2 Å². The van der Waals surface area contributed by atoms with Crippen LogP contribution in [0.25, 0.3) is 11.3 Å². The van der Waals surface area contributed by atoms with Crippen LogP contribution in [-0.2, 0) is 4.79 Å². The molecule has 1 aromatic carbocycles. The molecule has 1 amide bonds. The number of amides is 1. The summed E-state index contributed by atoms with van der Waals surface area (Å²) in [6, 6.07) is 7.94. The molecule has 1 aromatic heterocycles. The Bertz CT molecular complexity index is 653. The lowest BCUT2D eigenvalue weighted by atomic mass is 10.1. The highest BCUT2D eigenvalue weighted by Crippen LogP contribution is 2.31. The second-order valence-electron chi connectivity index (χ2n) is 5.59. The lowest BCUT2D eigenvalue weighted by Gasteiger charge is -2.06. The lowest BCUT2D eigenvalue weighted by molar-refractivity contribution is -0.116. The van der Waals surface area contributed by atoms with Gasteiger partial charge in [0.05, 0.1) is 12.3 Å². The Morgan fingerprint density at radius 1 is 1.29 bits per heavy atom. The monoisotopic (exact) mass is 347 g/mol. The molecule has 0 atom stereocenters. The van der Waals surface area contributed by atoms with Crippen LogP contribution < -0.4 is 15.8 Å². The van der Waals surface area contributed by atoms with Gasteiger partial charge in [-0.2, -0.15) is 0 Å². The van der Waals surface area contributed by atoms with E-state index in [1.54, 1.807) is 0 Å². The maximum Gasteiger partial charge on any atom is 0.227 e. The molecule has 0 unspecified atom stereocenters. The third-order valence-corrected chi connectivity index (χ3v) is 4.44. The Morgan fingerprint density at radius 3 is 2.71 bits per heavy atom. The molecule has 3 N–H and O–H groups in total. The number of carbonyl (C=O) groups is 1. The normalized spacial score (nSPS) is 10.6. The summed E-state index contributed by atoms with van der Waals surface area (Å²) in [4.78, 5) is 17.2. The average Bonchev–Trinajstić information content (AvgIpc) is 2.92. The number of thiazole rings is 1. The number of nitrogens with zero attached hydrogens (tertiary/aromatic N) is 1. The molecular formula is C18H25N3O2S. The number of nitrogens with one attached hydrogen (secondary N) is 1. The summed E-state index contributed by atoms with van der Waals surface area (Å²) in [5.74, 6) is 0.771. The molecule has 2 aromatic rings. The molecular weight excluding hydrogens is 322 g/mol. The largest absolute Gasteiger partial charge is 0.494 e. The van der Waals surface area contributed by atoms with Gasteiger partial charge in [-0.25, -0.2) is 4.98 Å². The van der Waals surface area contributed by atoms with Gasteiger partial charge in [0.25, 0.3) is 0 Å². The van der Waals surface area contributed by atoms with Gasteiger partial charge in [0, 0.05) is 23.4 Å². The number of carbonyl (C=O) groups excluding carboxylic acids is 1. The number of ether oxygens (including phenoxy) is 1. The van der Waals surface area contributed by atoms with Crippen molar-refractivity contribution in [2.24, 2.45) is 5.73 Å². The van der Waals surface area contributed by atoms with Crippen LogP contribution >= 0.6 is 11.3 Å². The Morgan fingerprint density at radius 2 is 2.04 bits per heavy atom. The summed E-state index contributed by atoms with van der Waals surface area (Å²) in [5, 5.41) is 3.40. The molecule has 0 aliphatic heterocycles. The second-order valence-corrected chi connectivity index (χ2v) is 6.79. The highest BCUT2D eigenvalue weighted by atomic mass is 32.1.